The average Bonchev–Trinajstić information content (AvgIpc) is 4.01. The molecule has 6 aromatic rings. The number of nitrogens with zero attached hydrogens (tertiary/aromatic N) is 4. The molecular formula is C40H46N6O7S2. The average molecular weight is 787 g/mol. The summed E-state index contributed by atoms with van der Waals surface area (Å²) in [5.74, 6) is 4.48. The highest BCUT2D eigenvalue weighted by Gasteiger charge is 2.19. The van der Waals surface area contributed by atoms with E-state index in [1.807, 2.05) is 37.3 Å². The molecule has 2 aliphatic heterocycles. The van der Waals surface area contributed by atoms with Gasteiger partial charge in [-0.3, -0.25) is 14.2 Å². The number of imidazole rings is 2. The number of H-pyrrole nitrogens is 2. The van der Waals surface area contributed by atoms with E-state index in [1.165, 1.54) is 5.56 Å². The van der Waals surface area contributed by atoms with E-state index in [1.54, 1.807) is 38.4 Å². The van der Waals surface area contributed by atoms with Crippen LogP contribution in [0.1, 0.15) is 46.5 Å². The van der Waals surface area contributed by atoms with E-state index in [2.05, 4.69) is 42.9 Å². The molecule has 0 fully saturated rings. The van der Waals surface area contributed by atoms with Gasteiger partial charge in [0.2, 0.25) is 0 Å². The van der Waals surface area contributed by atoms with Gasteiger partial charge in [-0.05, 0) is 49.2 Å². The van der Waals surface area contributed by atoms with Crippen molar-refractivity contribution in [2.45, 2.75) is 61.3 Å². The van der Waals surface area contributed by atoms with E-state index in [0.717, 1.165) is 116 Å². The lowest BCUT2D eigenvalue weighted by Gasteiger charge is -2.11. The Hall–Kier alpha value is -4.70. The lowest BCUT2D eigenvalue weighted by Crippen LogP contribution is -2.06. The lowest BCUT2D eigenvalue weighted by molar-refractivity contribution is 0.171. The maximum Gasteiger partial charge on any atom is 0.197 e. The fourth-order valence-corrected chi connectivity index (χ4v) is 8.33. The van der Waals surface area contributed by atoms with Gasteiger partial charge in [-0.2, -0.15) is 0 Å². The Morgan fingerprint density at radius 1 is 0.745 bits per heavy atom. The Kier molecular flexibility index (Phi) is 12.8. The monoisotopic (exact) mass is 786 g/mol. The summed E-state index contributed by atoms with van der Waals surface area (Å²) in [6, 6.07) is 11.9. The highest BCUT2D eigenvalue weighted by molar-refractivity contribution is 7.98. The minimum Gasteiger partial charge on any atom is -0.493 e. The van der Waals surface area contributed by atoms with Gasteiger partial charge in [-0.15, -0.1) is 0 Å². The number of thioether (sulfide) groups is 1. The van der Waals surface area contributed by atoms with Gasteiger partial charge in [0.15, 0.2) is 10.3 Å². The van der Waals surface area contributed by atoms with Crippen LogP contribution in [0.2, 0.25) is 0 Å². The van der Waals surface area contributed by atoms with Crippen LogP contribution >= 0.6 is 11.8 Å². The molecule has 0 aliphatic carbocycles. The van der Waals surface area contributed by atoms with Crippen molar-refractivity contribution in [3.63, 3.8) is 0 Å². The number of hydrogen-bond donors (Lipinski definition) is 2. The molecule has 0 spiro atoms. The fourth-order valence-electron chi connectivity index (χ4n) is 6.32. The quantitative estimate of drug-likeness (QED) is 0.0780. The third-order valence-corrected chi connectivity index (χ3v) is 11.4. The number of rotatable bonds is 16. The highest BCUT2D eigenvalue weighted by Crippen LogP contribution is 2.33. The topological polar surface area (TPSA) is 156 Å². The number of nitrogens with one attached hydrogen (secondary N) is 2. The maximum atomic E-state index is 12.9. The fraction of sp³-hybridized carbons (Fsp3) is 0.400. The van der Waals surface area contributed by atoms with Crippen LogP contribution in [-0.4, -0.2) is 88.0 Å². The van der Waals surface area contributed by atoms with Crippen molar-refractivity contribution in [1.82, 2.24) is 29.9 Å². The summed E-state index contributed by atoms with van der Waals surface area (Å²) in [4.78, 5) is 24.7. The summed E-state index contributed by atoms with van der Waals surface area (Å²) in [7, 11) is 2.03. The molecule has 2 aliphatic rings. The zero-order valence-electron chi connectivity index (χ0n) is 31.6. The number of aromatic nitrogens is 6. The van der Waals surface area contributed by atoms with Gasteiger partial charge in [0.05, 0.1) is 76.4 Å². The van der Waals surface area contributed by atoms with Crippen LogP contribution in [0, 0.1) is 13.8 Å². The molecule has 6 heterocycles. The van der Waals surface area contributed by atoms with Crippen molar-refractivity contribution in [1.29, 1.82) is 0 Å². The highest BCUT2D eigenvalue weighted by atomic mass is 32.2. The van der Waals surface area contributed by atoms with Crippen molar-refractivity contribution in [3.8, 4) is 23.0 Å². The second-order valence-corrected chi connectivity index (χ2v) is 15.5. The van der Waals surface area contributed by atoms with Gasteiger partial charge in [0, 0.05) is 94.5 Å². The number of methoxy groups -OCH3 is 2. The largest absolute Gasteiger partial charge is 0.493 e. The molecule has 55 heavy (non-hydrogen) atoms. The second kappa shape index (κ2) is 18.3. The van der Waals surface area contributed by atoms with Gasteiger partial charge in [-0.25, -0.2) is 9.97 Å². The molecule has 0 radical (unpaired) electrons. The van der Waals surface area contributed by atoms with Crippen LogP contribution in [0.4, 0.5) is 0 Å². The number of fused-ring (bicyclic) bond motifs is 4. The third kappa shape index (κ3) is 9.40. The predicted octanol–water partition coefficient (Wildman–Crippen LogP) is 6.83. The van der Waals surface area contributed by atoms with Gasteiger partial charge in [0.1, 0.15) is 23.0 Å². The van der Waals surface area contributed by atoms with Crippen LogP contribution in [-0.2, 0) is 44.6 Å². The minimum atomic E-state index is -1.34. The molecule has 8 rings (SSSR count). The standard InChI is InChI=1S/C20H23N3O4S.C20H23N3O3S/c1-13-17(21-6-4-18(13)26-8-3-7-25-2)12-28(24)20-22-15-10-14-5-9-27-19(14)11-16(15)23-20;1-13-17(21-6-4-18(13)25-8-3-7-24-2)12-27-20-22-15-10-14-5-9-26-19(14)11-16(15)23-20/h4,6,10-11H,3,5,7-9,12H2,1-2H3,(H,22,23);4,6,10-11H,3,5,7-9,12H2,1-2H3,(H,22,23). The molecule has 0 saturated carbocycles. The summed E-state index contributed by atoms with van der Waals surface area (Å²) in [5.41, 5.74) is 9.78. The summed E-state index contributed by atoms with van der Waals surface area (Å²) < 4.78 is 45.9. The molecule has 290 valence electrons. The Morgan fingerprint density at radius 2 is 1.31 bits per heavy atom. The van der Waals surface area contributed by atoms with Crippen molar-refractivity contribution < 1.29 is 32.6 Å². The number of ether oxygens (including phenoxy) is 6. The van der Waals surface area contributed by atoms with Crippen molar-refractivity contribution in [3.05, 3.63) is 82.4 Å². The zero-order chi connectivity index (χ0) is 38.1. The first-order valence-electron chi connectivity index (χ1n) is 18.3. The van der Waals surface area contributed by atoms with Gasteiger partial charge >= 0.3 is 0 Å². The molecule has 1 atom stereocenters. The maximum absolute atomic E-state index is 12.9. The number of aromatic amines is 2. The first-order chi connectivity index (χ1) is 26.9. The molecule has 2 N–H and O–H groups in total. The minimum absolute atomic E-state index is 0.275. The van der Waals surface area contributed by atoms with Crippen LogP contribution in [0.25, 0.3) is 22.1 Å². The van der Waals surface area contributed by atoms with Crippen molar-refractivity contribution in [2.24, 2.45) is 0 Å². The summed E-state index contributed by atoms with van der Waals surface area (Å²) in [6.45, 7) is 8.02. The lowest BCUT2D eigenvalue weighted by atomic mass is 10.1. The first kappa shape index (κ1) is 38.6. The molecule has 0 saturated heterocycles. The second-order valence-electron chi connectivity index (χ2n) is 13.2. The van der Waals surface area contributed by atoms with E-state index >= 15 is 0 Å². The number of hydrogen-bond acceptors (Lipinski definition) is 12. The molecule has 2 aromatic carbocycles. The molecule has 4 aromatic heterocycles. The summed E-state index contributed by atoms with van der Waals surface area (Å²) in [6.07, 6.45) is 7.03. The van der Waals surface area contributed by atoms with Crippen LogP contribution in [0.5, 0.6) is 23.0 Å². The van der Waals surface area contributed by atoms with Crippen molar-refractivity contribution >= 4 is 44.6 Å². The Morgan fingerprint density at radius 3 is 1.93 bits per heavy atom. The summed E-state index contributed by atoms with van der Waals surface area (Å²) >= 11 is 1.65. The molecular weight excluding hydrogens is 741 g/mol. The Labute approximate surface area is 326 Å². The molecule has 15 heteroatoms. The van der Waals surface area contributed by atoms with Gasteiger partial charge in [0.25, 0.3) is 0 Å². The van der Waals surface area contributed by atoms with Gasteiger partial charge < -0.3 is 38.4 Å². The Bertz CT molecular complexity index is 2190. The van der Waals surface area contributed by atoms with Crippen molar-refractivity contribution in [2.75, 3.05) is 53.9 Å². The van der Waals surface area contributed by atoms with E-state index < -0.39 is 10.8 Å². The first-order valence-corrected chi connectivity index (χ1v) is 20.6. The zero-order valence-corrected chi connectivity index (χ0v) is 33.2. The van der Waals surface area contributed by atoms with Crippen LogP contribution in [0.3, 0.4) is 0 Å². The smallest absolute Gasteiger partial charge is 0.197 e. The van der Waals surface area contributed by atoms with Crippen LogP contribution in [0.15, 0.2) is 59.1 Å². The normalized spacial score (nSPS) is 13.5. The number of benzene rings is 2. The van der Waals surface area contributed by atoms with Crippen LogP contribution < -0.4 is 18.9 Å². The van der Waals surface area contributed by atoms with E-state index in [9.17, 15) is 4.21 Å². The van der Waals surface area contributed by atoms with E-state index in [4.69, 9.17) is 28.4 Å². The molecule has 13 nitrogen and oxygen atoms in total. The van der Waals surface area contributed by atoms with Gasteiger partial charge in [-0.1, -0.05) is 11.8 Å². The van der Waals surface area contributed by atoms with E-state index in [-0.39, 0.29) is 5.75 Å². The van der Waals surface area contributed by atoms with E-state index in [0.29, 0.717) is 38.2 Å². The predicted molar refractivity (Wildman–Crippen MR) is 212 cm³/mol. The molecule has 1 unspecified atom stereocenters. The molecule has 0 amide bonds. The molecule has 0 bridgehead atoms. The number of pyridine rings is 2. The third-order valence-electron chi connectivity index (χ3n) is 9.39. The summed E-state index contributed by atoms with van der Waals surface area (Å²) in [5, 5.41) is 1.34. The Balaban J connectivity index is 0.000000169. The SMILES string of the molecule is COCCCOc1ccnc(CS(=O)c2nc3cc4c(cc3[nH]2)CCO4)c1C.COCCCOc1ccnc(CSc2nc3cc4c(cc3[nH]2)CCO4)c1C.